The molecule has 0 bridgehead atoms. The van der Waals surface area contributed by atoms with Crippen molar-refractivity contribution in [3.63, 3.8) is 0 Å². The quantitative estimate of drug-likeness (QED) is 0.732. The van der Waals surface area contributed by atoms with Crippen LogP contribution in [0.2, 0.25) is 0 Å². The second kappa shape index (κ2) is 5.47. The summed E-state index contributed by atoms with van der Waals surface area (Å²) in [5, 5.41) is 0. The van der Waals surface area contributed by atoms with Crippen LogP contribution < -0.4 is 5.73 Å². The molecular formula is C11H23N3O. The van der Waals surface area contributed by atoms with Crippen LogP contribution in [0.3, 0.4) is 0 Å². The van der Waals surface area contributed by atoms with Gasteiger partial charge in [0, 0.05) is 25.7 Å². The normalized spacial score (nSPS) is 23.1. The molecule has 1 heterocycles. The first-order valence-electron chi connectivity index (χ1n) is 5.74. The lowest BCUT2D eigenvalue weighted by Crippen LogP contribution is -2.48. The highest BCUT2D eigenvalue weighted by Crippen LogP contribution is 2.08. The van der Waals surface area contributed by atoms with Crippen molar-refractivity contribution >= 4 is 5.91 Å². The number of rotatable bonds is 3. The lowest BCUT2D eigenvalue weighted by molar-refractivity contribution is -0.132. The van der Waals surface area contributed by atoms with Crippen molar-refractivity contribution < 1.29 is 4.79 Å². The summed E-state index contributed by atoms with van der Waals surface area (Å²) in [4.78, 5) is 15.8. The molecule has 4 heteroatoms. The first-order valence-corrected chi connectivity index (χ1v) is 5.74. The molecule has 0 unspecified atom stereocenters. The lowest BCUT2D eigenvalue weighted by atomic mass is 10.1. The minimum absolute atomic E-state index is 0.194. The van der Waals surface area contributed by atoms with Crippen LogP contribution in [0.25, 0.3) is 0 Å². The molecule has 4 nitrogen and oxygen atoms in total. The first-order chi connectivity index (χ1) is 7.00. The number of amides is 1. The molecule has 1 aliphatic heterocycles. The summed E-state index contributed by atoms with van der Waals surface area (Å²) in [6, 6.07) is 0.520. The second-order valence-corrected chi connectivity index (χ2v) is 4.74. The Hall–Kier alpha value is -0.610. The van der Waals surface area contributed by atoms with E-state index in [2.05, 4.69) is 4.90 Å². The monoisotopic (exact) mass is 213 g/mol. The van der Waals surface area contributed by atoms with Gasteiger partial charge in [-0.1, -0.05) is 0 Å². The van der Waals surface area contributed by atoms with Crippen LogP contribution in [0.15, 0.2) is 0 Å². The summed E-state index contributed by atoms with van der Waals surface area (Å²) in [5.74, 6) is 0.194. The third kappa shape index (κ3) is 3.80. The van der Waals surface area contributed by atoms with Crippen molar-refractivity contribution in [3.8, 4) is 0 Å². The molecule has 1 saturated heterocycles. The zero-order valence-electron chi connectivity index (χ0n) is 10.1. The van der Waals surface area contributed by atoms with Crippen LogP contribution in [0.1, 0.15) is 26.7 Å². The Morgan fingerprint density at radius 1 is 1.60 bits per heavy atom. The van der Waals surface area contributed by atoms with Gasteiger partial charge in [0.15, 0.2) is 0 Å². The number of carbonyl (C=O) groups is 1. The van der Waals surface area contributed by atoms with Gasteiger partial charge < -0.3 is 10.6 Å². The van der Waals surface area contributed by atoms with E-state index in [1.54, 1.807) is 4.90 Å². The Bertz CT molecular complexity index is 218. The van der Waals surface area contributed by atoms with Crippen LogP contribution in [-0.2, 0) is 4.79 Å². The smallest absolute Gasteiger partial charge is 0.236 e. The van der Waals surface area contributed by atoms with Gasteiger partial charge in [-0.25, -0.2) is 0 Å². The lowest BCUT2D eigenvalue weighted by Gasteiger charge is -2.32. The fourth-order valence-electron chi connectivity index (χ4n) is 1.83. The number of hydrogen-bond acceptors (Lipinski definition) is 3. The summed E-state index contributed by atoms with van der Waals surface area (Å²) < 4.78 is 0. The molecule has 0 spiro atoms. The van der Waals surface area contributed by atoms with E-state index in [9.17, 15) is 4.79 Å². The molecule has 15 heavy (non-hydrogen) atoms. The molecule has 0 radical (unpaired) electrons. The van der Waals surface area contributed by atoms with Gasteiger partial charge in [-0.05, 0) is 33.2 Å². The number of hydrogen-bond donors (Lipinski definition) is 1. The molecule has 1 rings (SSSR count). The van der Waals surface area contributed by atoms with E-state index in [0.717, 1.165) is 25.9 Å². The number of nitrogens with two attached hydrogens (primary N) is 1. The molecule has 88 valence electrons. The largest absolute Gasteiger partial charge is 0.342 e. The molecule has 0 aliphatic carbocycles. The van der Waals surface area contributed by atoms with Crippen molar-refractivity contribution in [1.82, 2.24) is 9.80 Å². The highest BCUT2D eigenvalue weighted by Gasteiger charge is 2.21. The second-order valence-electron chi connectivity index (χ2n) is 4.74. The van der Waals surface area contributed by atoms with Crippen molar-refractivity contribution in [2.24, 2.45) is 5.73 Å². The average molecular weight is 213 g/mol. The van der Waals surface area contributed by atoms with Crippen LogP contribution in [-0.4, -0.2) is 54.5 Å². The predicted molar refractivity (Wildman–Crippen MR) is 61.6 cm³/mol. The molecular weight excluding hydrogens is 190 g/mol. The van der Waals surface area contributed by atoms with Crippen LogP contribution in [0.5, 0.6) is 0 Å². The Balaban J connectivity index is 2.37. The van der Waals surface area contributed by atoms with Crippen molar-refractivity contribution in [2.45, 2.75) is 38.8 Å². The Morgan fingerprint density at radius 2 is 2.27 bits per heavy atom. The van der Waals surface area contributed by atoms with Gasteiger partial charge in [0.25, 0.3) is 0 Å². The van der Waals surface area contributed by atoms with Gasteiger partial charge in [0.1, 0.15) is 0 Å². The van der Waals surface area contributed by atoms with Crippen LogP contribution in [0, 0.1) is 0 Å². The van der Waals surface area contributed by atoms with Gasteiger partial charge in [-0.3, -0.25) is 9.69 Å². The SMILES string of the molecule is CC(C)N(C)C(=O)CN1CCC[C@@H](N)C1. The first kappa shape index (κ1) is 12.5. The van der Waals surface area contributed by atoms with E-state index in [1.807, 2.05) is 20.9 Å². The van der Waals surface area contributed by atoms with Crippen LogP contribution >= 0.6 is 0 Å². The number of likely N-dealkylation sites (tertiary alicyclic amines) is 1. The minimum Gasteiger partial charge on any atom is -0.342 e. The third-order valence-corrected chi connectivity index (χ3v) is 3.07. The molecule has 1 fully saturated rings. The molecule has 2 N–H and O–H groups in total. The molecule has 0 aromatic carbocycles. The molecule has 0 saturated carbocycles. The average Bonchev–Trinajstić information content (AvgIpc) is 2.16. The van der Waals surface area contributed by atoms with Crippen molar-refractivity contribution in [2.75, 3.05) is 26.7 Å². The summed E-state index contributed by atoms with van der Waals surface area (Å²) in [6.45, 7) is 6.44. The van der Waals surface area contributed by atoms with Gasteiger partial charge in [0.05, 0.1) is 6.54 Å². The molecule has 1 amide bonds. The van der Waals surface area contributed by atoms with E-state index in [4.69, 9.17) is 5.73 Å². The van der Waals surface area contributed by atoms with E-state index in [0.29, 0.717) is 6.54 Å². The maximum Gasteiger partial charge on any atom is 0.236 e. The zero-order valence-corrected chi connectivity index (χ0v) is 10.1. The van der Waals surface area contributed by atoms with E-state index < -0.39 is 0 Å². The van der Waals surface area contributed by atoms with Gasteiger partial charge in [-0.2, -0.15) is 0 Å². The molecule has 1 aliphatic rings. The number of piperidine rings is 1. The van der Waals surface area contributed by atoms with Gasteiger partial charge >= 0.3 is 0 Å². The number of likely N-dealkylation sites (N-methyl/N-ethyl adjacent to an activating group) is 1. The standard InChI is InChI=1S/C11H23N3O/c1-9(2)13(3)11(15)8-14-6-4-5-10(12)7-14/h9-10H,4-8,12H2,1-3H3/t10-/m1/s1. The van der Waals surface area contributed by atoms with Crippen molar-refractivity contribution in [3.05, 3.63) is 0 Å². The Labute approximate surface area is 92.4 Å². The molecule has 1 atom stereocenters. The molecule has 0 aromatic heterocycles. The summed E-state index contributed by atoms with van der Waals surface area (Å²) >= 11 is 0. The highest BCUT2D eigenvalue weighted by atomic mass is 16.2. The maximum atomic E-state index is 11.8. The van der Waals surface area contributed by atoms with E-state index in [-0.39, 0.29) is 18.0 Å². The Morgan fingerprint density at radius 3 is 2.80 bits per heavy atom. The van der Waals surface area contributed by atoms with E-state index >= 15 is 0 Å². The predicted octanol–water partition coefficient (Wildman–Crippen LogP) is 0.276. The summed E-state index contributed by atoms with van der Waals surface area (Å²) in [7, 11) is 1.86. The third-order valence-electron chi connectivity index (χ3n) is 3.07. The van der Waals surface area contributed by atoms with Crippen LogP contribution in [0.4, 0.5) is 0 Å². The topological polar surface area (TPSA) is 49.6 Å². The number of carbonyl (C=O) groups excluding carboxylic acids is 1. The highest BCUT2D eigenvalue weighted by molar-refractivity contribution is 5.78. The Kier molecular flexibility index (Phi) is 4.54. The maximum absolute atomic E-state index is 11.8. The summed E-state index contributed by atoms with van der Waals surface area (Å²) in [6.07, 6.45) is 2.20. The number of nitrogens with zero attached hydrogens (tertiary/aromatic N) is 2. The zero-order chi connectivity index (χ0) is 11.4. The molecule has 0 aromatic rings. The van der Waals surface area contributed by atoms with E-state index in [1.165, 1.54) is 0 Å². The van der Waals surface area contributed by atoms with Crippen molar-refractivity contribution in [1.29, 1.82) is 0 Å². The summed E-state index contributed by atoms with van der Waals surface area (Å²) in [5.41, 5.74) is 5.87. The fourth-order valence-corrected chi connectivity index (χ4v) is 1.83. The van der Waals surface area contributed by atoms with Gasteiger partial charge in [-0.15, -0.1) is 0 Å². The van der Waals surface area contributed by atoms with Gasteiger partial charge in [0.2, 0.25) is 5.91 Å². The fraction of sp³-hybridized carbons (Fsp3) is 0.909. The minimum atomic E-state index is 0.194.